The van der Waals surface area contributed by atoms with Crippen LogP contribution in [0.1, 0.15) is 50.8 Å². The van der Waals surface area contributed by atoms with Crippen LogP contribution in [-0.4, -0.2) is 24.3 Å². The number of carbonyl (C=O) groups excluding carboxylic acids is 1. The van der Waals surface area contributed by atoms with Crippen molar-refractivity contribution >= 4 is 6.09 Å². The summed E-state index contributed by atoms with van der Waals surface area (Å²) in [5.41, 5.74) is -0.583. The van der Waals surface area contributed by atoms with E-state index in [2.05, 4.69) is 10.6 Å². The van der Waals surface area contributed by atoms with Gasteiger partial charge in [0.15, 0.2) is 0 Å². The predicted octanol–water partition coefficient (Wildman–Crippen LogP) is 4.02. The lowest BCUT2D eigenvalue weighted by atomic mass is 10.0. The lowest BCUT2D eigenvalue weighted by Crippen LogP contribution is -2.38. The maximum Gasteiger partial charge on any atom is 0.416 e. The molecule has 0 aromatic heterocycles. The molecule has 24 heavy (non-hydrogen) atoms. The Balaban J connectivity index is 2.01. The van der Waals surface area contributed by atoms with E-state index in [0.717, 1.165) is 25.0 Å². The summed E-state index contributed by atoms with van der Waals surface area (Å²) in [6.45, 7) is 5.55. The SMILES string of the molecule is CC(C)(C)OC(=O)NCC(NC1CC1)c1ccc(C(F)(F)F)cc1. The van der Waals surface area contributed by atoms with Gasteiger partial charge in [-0.15, -0.1) is 0 Å². The Bertz CT molecular complexity index is 561. The number of hydrogen-bond donors (Lipinski definition) is 2. The van der Waals surface area contributed by atoms with Gasteiger partial charge in [-0.05, 0) is 51.3 Å². The Kier molecular flexibility index (Phi) is 5.42. The Morgan fingerprint density at radius 1 is 1.21 bits per heavy atom. The van der Waals surface area contributed by atoms with Gasteiger partial charge in [0.05, 0.1) is 5.56 Å². The zero-order valence-corrected chi connectivity index (χ0v) is 14.0. The molecule has 0 heterocycles. The summed E-state index contributed by atoms with van der Waals surface area (Å²) in [4.78, 5) is 11.8. The number of halogens is 3. The third-order valence-corrected chi connectivity index (χ3v) is 3.50. The van der Waals surface area contributed by atoms with E-state index in [-0.39, 0.29) is 12.6 Å². The zero-order valence-electron chi connectivity index (χ0n) is 14.0. The van der Waals surface area contributed by atoms with Crippen molar-refractivity contribution in [1.82, 2.24) is 10.6 Å². The maximum atomic E-state index is 12.7. The fourth-order valence-electron chi connectivity index (χ4n) is 2.21. The maximum absolute atomic E-state index is 12.7. The third-order valence-electron chi connectivity index (χ3n) is 3.50. The molecule has 1 amide bonds. The summed E-state index contributed by atoms with van der Waals surface area (Å²) in [6, 6.07) is 5.10. The van der Waals surface area contributed by atoms with E-state index in [9.17, 15) is 18.0 Å². The van der Waals surface area contributed by atoms with Gasteiger partial charge >= 0.3 is 12.3 Å². The zero-order chi connectivity index (χ0) is 18.0. The van der Waals surface area contributed by atoms with Crippen LogP contribution in [0.2, 0.25) is 0 Å². The first-order valence-electron chi connectivity index (χ1n) is 7.95. The molecule has 1 unspecified atom stereocenters. The van der Waals surface area contributed by atoms with E-state index in [1.165, 1.54) is 12.1 Å². The highest BCUT2D eigenvalue weighted by Gasteiger charge is 2.31. The highest BCUT2D eigenvalue weighted by atomic mass is 19.4. The van der Waals surface area contributed by atoms with E-state index in [1.54, 1.807) is 20.8 Å². The minimum Gasteiger partial charge on any atom is -0.444 e. The smallest absolute Gasteiger partial charge is 0.416 e. The van der Waals surface area contributed by atoms with Crippen molar-refractivity contribution in [2.75, 3.05) is 6.54 Å². The lowest BCUT2D eigenvalue weighted by molar-refractivity contribution is -0.137. The van der Waals surface area contributed by atoms with Crippen LogP contribution in [0.15, 0.2) is 24.3 Å². The van der Waals surface area contributed by atoms with Crippen LogP contribution in [0, 0.1) is 0 Å². The molecule has 0 aliphatic heterocycles. The molecule has 1 aromatic carbocycles. The first-order chi connectivity index (χ1) is 11.0. The van der Waals surface area contributed by atoms with Gasteiger partial charge in [0, 0.05) is 18.6 Å². The van der Waals surface area contributed by atoms with Crippen LogP contribution in [-0.2, 0) is 10.9 Å². The van der Waals surface area contributed by atoms with E-state index in [0.29, 0.717) is 11.6 Å². The molecule has 1 saturated carbocycles. The van der Waals surface area contributed by atoms with Crippen LogP contribution >= 0.6 is 0 Å². The van der Waals surface area contributed by atoms with Gasteiger partial charge in [-0.3, -0.25) is 0 Å². The van der Waals surface area contributed by atoms with Gasteiger partial charge in [-0.1, -0.05) is 12.1 Å². The molecule has 1 atom stereocenters. The van der Waals surface area contributed by atoms with Gasteiger partial charge in [0.1, 0.15) is 5.60 Å². The first-order valence-corrected chi connectivity index (χ1v) is 7.95. The van der Waals surface area contributed by atoms with Gasteiger partial charge in [-0.2, -0.15) is 13.2 Å². The lowest BCUT2D eigenvalue weighted by Gasteiger charge is -2.23. The number of amides is 1. The van der Waals surface area contributed by atoms with Crippen molar-refractivity contribution in [3.63, 3.8) is 0 Å². The van der Waals surface area contributed by atoms with Gasteiger partial charge < -0.3 is 15.4 Å². The van der Waals surface area contributed by atoms with Gasteiger partial charge in [0.25, 0.3) is 0 Å². The molecule has 1 aliphatic carbocycles. The number of nitrogens with one attached hydrogen (secondary N) is 2. The molecule has 0 radical (unpaired) electrons. The fraction of sp³-hybridized carbons (Fsp3) is 0.588. The summed E-state index contributed by atoms with van der Waals surface area (Å²) in [6.07, 6.45) is -2.84. The minimum atomic E-state index is -4.35. The number of carbonyl (C=O) groups is 1. The van der Waals surface area contributed by atoms with Crippen LogP contribution in [0.5, 0.6) is 0 Å². The third kappa shape index (κ3) is 6.03. The monoisotopic (exact) mass is 344 g/mol. The Morgan fingerprint density at radius 3 is 2.25 bits per heavy atom. The second-order valence-corrected chi connectivity index (χ2v) is 7.00. The summed E-state index contributed by atoms with van der Waals surface area (Å²) < 4.78 is 43.2. The number of alkyl halides is 3. The normalized spacial score (nSPS) is 16.6. The molecule has 0 saturated heterocycles. The van der Waals surface area contributed by atoms with E-state index >= 15 is 0 Å². The van der Waals surface area contributed by atoms with Crippen LogP contribution < -0.4 is 10.6 Å². The quantitative estimate of drug-likeness (QED) is 0.848. The molecule has 0 spiro atoms. The van der Waals surface area contributed by atoms with Crippen molar-refractivity contribution in [2.24, 2.45) is 0 Å². The molecule has 134 valence electrons. The van der Waals surface area contributed by atoms with E-state index in [4.69, 9.17) is 4.74 Å². The summed E-state index contributed by atoms with van der Waals surface area (Å²) in [5.74, 6) is 0. The average molecular weight is 344 g/mol. The predicted molar refractivity (Wildman–Crippen MR) is 84.6 cm³/mol. The number of rotatable bonds is 5. The number of hydrogen-bond acceptors (Lipinski definition) is 3. The molecule has 7 heteroatoms. The van der Waals surface area contributed by atoms with Crippen LogP contribution in [0.4, 0.5) is 18.0 Å². The molecule has 1 fully saturated rings. The second-order valence-electron chi connectivity index (χ2n) is 7.00. The number of benzene rings is 1. The summed E-state index contributed by atoms with van der Waals surface area (Å²) in [5, 5.41) is 6.00. The molecule has 1 aromatic rings. The molecular weight excluding hydrogens is 321 g/mol. The van der Waals surface area contributed by atoms with Crippen molar-refractivity contribution in [3.8, 4) is 0 Å². The molecule has 1 aliphatic rings. The van der Waals surface area contributed by atoms with Crippen molar-refractivity contribution < 1.29 is 22.7 Å². The largest absolute Gasteiger partial charge is 0.444 e. The van der Waals surface area contributed by atoms with E-state index < -0.39 is 23.4 Å². The van der Waals surface area contributed by atoms with Gasteiger partial charge in [0.2, 0.25) is 0 Å². The van der Waals surface area contributed by atoms with Crippen molar-refractivity contribution in [3.05, 3.63) is 35.4 Å². The number of alkyl carbamates (subject to hydrolysis) is 1. The summed E-state index contributed by atoms with van der Waals surface area (Å²) >= 11 is 0. The molecule has 0 bridgehead atoms. The average Bonchev–Trinajstić information content (AvgIpc) is 3.25. The highest BCUT2D eigenvalue weighted by molar-refractivity contribution is 5.67. The topological polar surface area (TPSA) is 50.4 Å². The van der Waals surface area contributed by atoms with Crippen molar-refractivity contribution in [2.45, 2.75) is 57.5 Å². The Morgan fingerprint density at radius 2 is 1.79 bits per heavy atom. The molecule has 4 nitrogen and oxygen atoms in total. The van der Waals surface area contributed by atoms with Crippen LogP contribution in [0.25, 0.3) is 0 Å². The van der Waals surface area contributed by atoms with Gasteiger partial charge in [-0.25, -0.2) is 4.79 Å². The van der Waals surface area contributed by atoms with Crippen LogP contribution in [0.3, 0.4) is 0 Å². The minimum absolute atomic E-state index is 0.247. The molecule has 2 rings (SSSR count). The summed E-state index contributed by atoms with van der Waals surface area (Å²) in [7, 11) is 0. The van der Waals surface area contributed by atoms with E-state index in [1.807, 2.05) is 0 Å². The van der Waals surface area contributed by atoms with Crippen molar-refractivity contribution in [1.29, 1.82) is 0 Å². The Labute approximate surface area is 139 Å². The Hall–Kier alpha value is -1.76. The highest BCUT2D eigenvalue weighted by Crippen LogP contribution is 2.30. The molecule has 2 N–H and O–H groups in total. The fourth-order valence-corrected chi connectivity index (χ4v) is 2.21. The second kappa shape index (κ2) is 7.01. The first kappa shape index (κ1) is 18.6. The number of ether oxygens (including phenoxy) is 1. The molecular formula is C17H23F3N2O2. The standard InChI is InChI=1S/C17H23F3N2O2/c1-16(2,3)24-15(23)21-10-14(22-13-8-9-13)11-4-6-12(7-5-11)17(18,19)20/h4-7,13-14,22H,8-10H2,1-3H3,(H,21,23).